The van der Waals surface area contributed by atoms with Crippen LogP contribution in [0.4, 0.5) is 0 Å². The first-order valence-electron chi connectivity index (χ1n) is 5.57. The molecule has 1 aromatic rings. The van der Waals surface area contributed by atoms with Crippen molar-refractivity contribution in [1.82, 2.24) is 5.43 Å². The van der Waals surface area contributed by atoms with Crippen molar-refractivity contribution in [1.29, 1.82) is 0 Å². The van der Waals surface area contributed by atoms with Gasteiger partial charge in [0.05, 0.1) is 12.3 Å². The molecule has 0 aliphatic heterocycles. The van der Waals surface area contributed by atoms with Crippen molar-refractivity contribution in [2.45, 2.75) is 38.1 Å². The average molecular weight is 206 g/mol. The zero-order chi connectivity index (χ0) is 10.5. The molecule has 1 aromatic heterocycles. The van der Waals surface area contributed by atoms with Gasteiger partial charge < -0.3 is 4.42 Å². The van der Waals surface area contributed by atoms with E-state index in [1.807, 2.05) is 12.1 Å². The van der Waals surface area contributed by atoms with E-state index in [0.29, 0.717) is 0 Å². The summed E-state index contributed by atoms with van der Waals surface area (Å²) in [4.78, 5) is 0. The molecule has 15 heavy (non-hydrogen) atoms. The Morgan fingerprint density at radius 1 is 1.47 bits per heavy atom. The van der Waals surface area contributed by atoms with Gasteiger partial charge in [0.2, 0.25) is 0 Å². The van der Waals surface area contributed by atoms with Gasteiger partial charge in [-0.05, 0) is 44.2 Å². The molecule has 0 saturated carbocycles. The summed E-state index contributed by atoms with van der Waals surface area (Å²) in [6.45, 7) is 0. The maximum absolute atomic E-state index is 5.54. The van der Waals surface area contributed by atoms with Crippen LogP contribution < -0.4 is 11.3 Å². The Morgan fingerprint density at radius 2 is 2.40 bits per heavy atom. The number of nitrogens with two attached hydrogens (primary N) is 1. The predicted octanol–water partition coefficient (Wildman–Crippen LogP) is 2.67. The van der Waals surface area contributed by atoms with Gasteiger partial charge in [-0.25, -0.2) is 5.43 Å². The summed E-state index contributed by atoms with van der Waals surface area (Å²) >= 11 is 0. The van der Waals surface area contributed by atoms with Gasteiger partial charge in [-0.1, -0.05) is 11.6 Å². The van der Waals surface area contributed by atoms with Crippen LogP contribution in [0.5, 0.6) is 0 Å². The number of hydrazine groups is 1. The number of hydrogen-bond acceptors (Lipinski definition) is 3. The second-order valence-corrected chi connectivity index (χ2v) is 4.05. The molecular formula is C12H18N2O. The summed E-state index contributed by atoms with van der Waals surface area (Å²) in [6, 6.07) is 3.98. The molecule has 0 fully saturated rings. The summed E-state index contributed by atoms with van der Waals surface area (Å²) < 4.78 is 5.36. The van der Waals surface area contributed by atoms with Gasteiger partial charge in [-0.3, -0.25) is 5.84 Å². The molecule has 3 N–H and O–H groups in total. The Bertz CT molecular complexity index is 316. The largest absolute Gasteiger partial charge is 0.468 e. The smallest absolute Gasteiger partial charge is 0.122 e. The minimum Gasteiger partial charge on any atom is -0.468 e. The number of hydrogen-bond donors (Lipinski definition) is 2. The summed E-state index contributed by atoms with van der Waals surface area (Å²) in [5.74, 6) is 6.46. The molecule has 0 radical (unpaired) electrons. The molecule has 0 saturated heterocycles. The summed E-state index contributed by atoms with van der Waals surface area (Å²) in [6.07, 6.45) is 10.0. The molecule has 1 heterocycles. The Morgan fingerprint density at radius 3 is 3.00 bits per heavy atom. The molecule has 3 heteroatoms. The fraction of sp³-hybridized carbons (Fsp3) is 0.500. The van der Waals surface area contributed by atoms with Gasteiger partial charge in [0.25, 0.3) is 0 Å². The molecule has 2 rings (SSSR count). The van der Waals surface area contributed by atoms with E-state index in [9.17, 15) is 0 Å². The molecule has 1 atom stereocenters. The van der Waals surface area contributed by atoms with Crippen molar-refractivity contribution in [3.8, 4) is 0 Å². The number of nitrogens with one attached hydrogen (secondary N) is 1. The number of allylic oxidation sites excluding steroid dienone is 1. The van der Waals surface area contributed by atoms with E-state index < -0.39 is 0 Å². The fourth-order valence-corrected chi connectivity index (χ4v) is 2.08. The zero-order valence-electron chi connectivity index (χ0n) is 8.91. The third kappa shape index (κ3) is 2.70. The van der Waals surface area contributed by atoms with E-state index in [2.05, 4.69) is 11.5 Å². The number of furan rings is 1. The summed E-state index contributed by atoms with van der Waals surface area (Å²) in [5, 5.41) is 0. The molecule has 3 nitrogen and oxygen atoms in total. The first-order valence-corrected chi connectivity index (χ1v) is 5.57. The SMILES string of the molecule is NNC(CC1=CCCCC1)c1ccco1. The second-order valence-electron chi connectivity index (χ2n) is 4.05. The normalized spacial score (nSPS) is 18.6. The van der Waals surface area contributed by atoms with Crippen LogP contribution >= 0.6 is 0 Å². The Hall–Kier alpha value is -1.06. The zero-order valence-corrected chi connectivity index (χ0v) is 8.91. The van der Waals surface area contributed by atoms with Gasteiger partial charge in [-0.15, -0.1) is 0 Å². The van der Waals surface area contributed by atoms with Crippen molar-refractivity contribution in [3.63, 3.8) is 0 Å². The van der Waals surface area contributed by atoms with E-state index in [0.717, 1.165) is 12.2 Å². The van der Waals surface area contributed by atoms with Crippen LogP contribution in [-0.2, 0) is 0 Å². The monoisotopic (exact) mass is 206 g/mol. The van der Waals surface area contributed by atoms with Crippen molar-refractivity contribution in [2.24, 2.45) is 5.84 Å². The highest BCUT2D eigenvalue weighted by Gasteiger charge is 2.15. The van der Waals surface area contributed by atoms with Crippen molar-refractivity contribution < 1.29 is 4.42 Å². The molecule has 0 aromatic carbocycles. The van der Waals surface area contributed by atoms with Crippen LogP contribution in [-0.4, -0.2) is 0 Å². The summed E-state index contributed by atoms with van der Waals surface area (Å²) in [7, 11) is 0. The van der Waals surface area contributed by atoms with E-state index in [1.54, 1.807) is 6.26 Å². The standard InChI is InChI=1S/C12H18N2O/c13-14-11(12-7-4-8-15-12)9-10-5-2-1-3-6-10/h4-5,7-8,11,14H,1-3,6,9,13H2. The molecule has 1 aliphatic carbocycles. The lowest BCUT2D eigenvalue weighted by Gasteiger charge is -2.18. The topological polar surface area (TPSA) is 51.2 Å². The third-order valence-corrected chi connectivity index (χ3v) is 2.94. The summed E-state index contributed by atoms with van der Waals surface area (Å²) in [5.41, 5.74) is 4.32. The average Bonchev–Trinajstić information content (AvgIpc) is 2.81. The lowest BCUT2D eigenvalue weighted by molar-refractivity contribution is 0.410. The molecule has 0 spiro atoms. The van der Waals surface area contributed by atoms with Gasteiger partial charge >= 0.3 is 0 Å². The van der Waals surface area contributed by atoms with E-state index in [4.69, 9.17) is 10.3 Å². The van der Waals surface area contributed by atoms with Crippen LogP contribution in [0.3, 0.4) is 0 Å². The first-order chi connectivity index (χ1) is 7.40. The Balaban J connectivity index is 1.99. The van der Waals surface area contributed by atoms with Gasteiger partial charge in [0.1, 0.15) is 5.76 Å². The third-order valence-electron chi connectivity index (χ3n) is 2.94. The Kier molecular flexibility index (Phi) is 3.59. The molecule has 82 valence electrons. The molecule has 1 unspecified atom stereocenters. The minimum absolute atomic E-state index is 0.115. The molecule has 0 bridgehead atoms. The molecular weight excluding hydrogens is 188 g/mol. The highest BCUT2D eigenvalue weighted by Crippen LogP contribution is 2.27. The van der Waals surface area contributed by atoms with Gasteiger partial charge in [-0.2, -0.15) is 0 Å². The number of rotatable bonds is 4. The van der Waals surface area contributed by atoms with Crippen LogP contribution in [0.2, 0.25) is 0 Å². The van der Waals surface area contributed by atoms with Gasteiger partial charge in [0.15, 0.2) is 0 Å². The predicted molar refractivity (Wildman–Crippen MR) is 59.9 cm³/mol. The van der Waals surface area contributed by atoms with E-state index in [1.165, 1.54) is 31.3 Å². The Labute approximate surface area is 90.3 Å². The maximum Gasteiger partial charge on any atom is 0.122 e. The van der Waals surface area contributed by atoms with Crippen molar-refractivity contribution in [2.75, 3.05) is 0 Å². The van der Waals surface area contributed by atoms with Crippen LogP contribution in [0.15, 0.2) is 34.5 Å². The lowest BCUT2D eigenvalue weighted by atomic mass is 9.94. The van der Waals surface area contributed by atoms with Crippen LogP contribution in [0, 0.1) is 0 Å². The van der Waals surface area contributed by atoms with E-state index >= 15 is 0 Å². The highest BCUT2D eigenvalue weighted by atomic mass is 16.3. The quantitative estimate of drug-likeness (QED) is 0.452. The maximum atomic E-state index is 5.54. The van der Waals surface area contributed by atoms with E-state index in [-0.39, 0.29) is 6.04 Å². The highest BCUT2D eigenvalue weighted by molar-refractivity contribution is 5.12. The van der Waals surface area contributed by atoms with Crippen molar-refractivity contribution >= 4 is 0 Å². The van der Waals surface area contributed by atoms with Crippen molar-refractivity contribution in [3.05, 3.63) is 35.8 Å². The molecule has 0 amide bonds. The lowest BCUT2D eigenvalue weighted by Crippen LogP contribution is -2.28. The second kappa shape index (κ2) is 5.14. The molecule has 1 aliphatic rings. The van der Waals surface area contributed by atoms with Gasteiger partial charge in [0, 0.05) is 0 Å². The van der Waals surface area contributed by atoms with Crippen LogP contribution in [0.1, 0.15) is 43.9 Å². The first kappa shape index (κ1) is 10.5. The van der Waals surface area contributed by atoms with Crippen LogP contribution in [0.25, 0.3) is 0 Å². The fourth-order valence-electron chi connectivity index (χ4n) is 2.08. The minimum atomic E-state index is 0.115.